The average molecular weight is 358 g/mol. The fraction of sp³-hybridized carbons (Fsp3) is 0.875. The monoisotopic (exact) mass is 358 g/mol. The average Bonchev–Trinajstić information content (AvgIpc) is 2.58. The number of ketones is 1. The topological polar surface area (TPSA) is 123 Å². The van der Waals surface area contributed by atoms with E-state index < -0.39 is 0 Å². The third kappa shape index (κ3) is 20.3. The van der Waals surface area contributed by atoms with E-state index >= 15 is 0 Å². The van der Waals surface area contributed by atoms with Crippen LogP contribution in [0.3, 0.4) is 0 Å². The van der Waals surface area contributed by atoms with Crippen molar-refractivity contribution in [2.24, 2.45) is 5.11 Å². The molecule has 0 bridgehead atoms. The van der Waals surface area contributed by atoms with Gasteiger partial charge < -0.3 is 19.5 Å². The third-order valence-electron chi connectivity index (χ3n) is 3.14. The van der Waals surface area contributed by atoms with E-state index in [1.807, 2.05) is 0 Å². The number of carbonyl (C=O) groups excluding carboxylic acids is 2. The third-order valence-corrected chi connectivity index (χ3v) is 3.14. The molecule has 1 N–H and O–H groups in total. The number of azide groups is 1. The fourth-order valence-corrected chi connectivity index (χ4v) is 1.80. The van der Waals surface area contributed by atoms with E-state index in [9.17, 15) is 9.59 Å². The second kappa shape index (κ2) is 18.7. The predicted octanol–water partition coefficient (Wildman–Crippen LogP) is 2.00. The Hall–Kier alpha value is -1.67. The maximum atomic E-state index is 11.5. The molecule has 0 fully saturated rings. The molecule has 9 heteroatoms. The quantitative estimate of drug-likeness (QED) is 0.174. The van der Waals surface area contributed by atoms with Crippen molar-refractivity contribution < 1.29 is 23.8 Å². The summed E-state index contributed by atoms with van der Waals surface area (Å²) in [4.78, 5) is 24.9. The Morgan fingerprint density at radius 2 is 1.56 bits per heavy atom. The number of nitrogens with one attached hydrogen (secondary N) is 1. The molecule has 0 aliphatic heterocycles. The number of hydrogen-bond donors (Lipinski definition) is 1. The van der Waals surface area contributed by atoms with Crippen molar-refractivity contribution in [3.8, 4) is 0 Å². The van der Waals surface area contributed by atoms with E-state index in [1.165, 1.54) is 6.92 Å². The van der Waals surface area contributed by atoms with Crippen LogP contribution in [0.5, 0.6) is 0 Å². The van der Waals surface area contributed by atoms with E-state index in [2.05, 4.69) is 15.3 Å². The normalized spacial score (nSPS) is 10.3. The van der Waals surface area contributed by atoms with Crippen molar-refractivity contribution in [2.75, 3.05) is 52.7 Å². The molecule has 25 heavy (non-hydrogen) atoms. The molecule has 0 aromatic carbocycles. The first-order valence-electron chi connectivity index (χ1n) is 8.67. The highest BCUT2D eigenvalue weighted by molar-refractivity contribution is 5.75. The minimum absolute atomic E-state index is 0.00587. The summed E-state index contributed by atoms with van der Waals surface area (Å²) in [6.45, 7) is 5.24. The summed E-state index contributed by atoms with van der Waals surface area (Å²) < 4.78 is 15.9. The van der Waals surface area contributed by atoms with Crippen LogP contribution in [-0.2, 0) is 23.8 Å². The number of hydrogen-bond acceptors (Lipinski definition) is 6. The van der Waals surface area contributed by atoms with Crippen molar-refractivity contribution in [3.63, 3.8) is 0 Å². The van der Waals surface area contributed by atoms with Crippen LogP contribution in [0.4, 0.5) is 0 Å². The van der Waals surface area contributed by atoms with Gasteiger partial charge in [-0.25, -0.2) is 0 Å². The standard InChI is InChI=1S/C16H30N4O5/c1-15(21)6-9-23-11-13-25-14-12-24-10-8-18-16(22)5-3-2-4-7-19-20-17/h2-14H2,1H3,(H,18,22). The van der Waals surface area contributed by atoms with Crippen LogP contribution in [0.25, 0.3) is 10.4 Å². The molecule has 0 aliphatic rings. The molecule has 9 nitrogen and oxygen atoms in total. The molecule has 0 aromatic rings. The Bertz CT molecular complexity index is 400. The van der Waals surface area contributed by atoms with Gasteiger partial charge in [-0.2, -0.15) is 0 Å². The van der Waals surface area contributed by atoms with Crippen LogP contribution in [-0.4, -0.2) is 64.4 Å². The van der Waals surface area contributed by atoms with Crippen molar-refractivity contribution in [2.45, 2.75) is 39.0 Å². The van der Waals surface area contributed by atoms with Gasteiger partial charge in [-0.3, -0.25) is 9.59 Å². The molecule has 0 heterocycles. The summed E-state index contributed by atoms with van der Waals surface area (Å²) in [6, 6.07) is 0. The number of rotatable bonds is 18. The molecule has 0 spiro atoms. The van der Waals surface area contributed by atoms with Gasteiger partial charge in [-0.15, -0.1) is 0 Å². The zero-order chi connectivity index (χ0) is 18.6. The number of unbranched alkanes of at least 4 members (excludes halogenated alkanes) is 2. The number of nitrogens with zero attached hydrogens (tertiary/aromatic N) is 3. The zero-order valence-electron chi connectivity index (χ0n) is 15.1. The SMILES string of the molecule is CC(=O)CCOCCOCCOCCNC(=O)CCCCCN=[N+]=[N-]. The van der Waals surface area contributed by atoms with Crippen LogP contribution in [0.1, 0.15) is 39.0 Å². The lowest BCUT2D eigenvalue weighted by Crippen LogP contribution is -2.27. The van der Waals surface area contributed by atoms with Gasteiger partial charge in [0.1, 0.15) is 5.78 Å². The number of amides is 1. The number of ether oxygens (including phenoxy) is 3. The molecule has 0 aliphatic carbocycles. The van der Waals surface area contributed by atoms with Crippen LogP contribution in [0, 0.1) is 0 Å². The maximum Gasteiger partial charge on any atom is 0.220 e. The Balaban J connectivity index is 3.18. The van der Waals surface area contributed by atoms with Crippen molar-refractivity contribution in [1.29, 1.82) is 0 Å². The van der Waals surface area contributed by atoms with Gasteiger partial charge in [-0.1, -0.05) is 11.5 Å². The molecular formula is C16H30N4O5. The van der Waals surface area contributed by atoms with Gasteiger partial charge >= 0.3 is 0 Å². The Morgan fingerprint density at radius 1 is 0.920 bits per heavy atom. The Kier molecular flexibility index (Phi) is 17.4. The van der Waals surface area contributed by atoms with E-state index in [0.717, 1.165) is 19.3 Å². The molecule has 144 valence electrons. The van der Waals surface area contributed by atoms with Crippen molar-refractivity contribution in [1.82, 2.24) is 5.32 Å². The molecule has 0 saturated carbocycles. The second-order valence-electron chi connectivity index (χ2n) is 5.40. The van der Waals surface area contributed by atoms with E-state index in [-0.39, 0.29) is 11.7 Å². The van der Waals surface area contributed by atoms with Crippen LogP contribution >= 0.6 is 0 Å². The van der Waals surface area contributed by atoms with Gasteiger partial charge in [0.25, 0.3) is 0 Å². The second-order valence-corrected chi connectivity index (χ2v) is 5.40. The van der Waals surface area contributed by atoms with Gasteiger partial charge in [-0.05, 0) is 25.3 Å². The largest absolute Gasteiger partial charge is 0.379 e. The molecule has 0 rings (SSSR count). The van der Waals surface area contributed by atoms with E-state index in [1.54, 1.807) is 0 Å². The molecule has 0 aromatic heterocycles. The molecule has 1 amide bonds. The summed E-state index contributed by atoms with van der Waals surface area (Å²) in [5.41, 5.74) is 8.12. The first-order chi connectivity index (χ1) is 12.2. The highest BCUT2D eigenvalue weighted by Gasteiger charge is 2.00. The Morgan fingerprint density at radius 3 is 2.20 bits per heavy atom. The molecule has 0 saturated heterocycles. The van der Waals surface area contributed by atoms with Gasteiger partial charge in [0.2, 0.25) is 5.91 Å². The first-order valence-corrected chi connectivity index (χ1v) is 8.67. The molecular weight excluding hydrogens is 328 g/mol. The summed E-state index contributed by atoms with van der Waals surface area (Å²) in [6.07, 6.45) is 3.38. The van der Waals surface area contributed by atoms with Gasteiger partial charge in [0, 0.05) is 30.8 Å². The highest BCUT2D eigenvalue weighted by Crippen LogP contribution is 1.99. The maximum absolute atomic E-state index is 11.5. The lowest BCUT2D eigenvalue weighted by Gasteiger charge is -2.07. The van der Waals surface area contributed by atoms with Gasteiger partial charge in [0.05, 0.1) is 39.6 Å². The van der Waals surface area contributed by atoms with Crippen molar-refractivity contribution in [3.05, 3.63) is 10.4 Å². The van der Waals surface area contributed by atoms with Crippen LogP contribution in [0.2, 0.25) is 0 Å². The number of carbonyl (C=O) groups is 2. The van der Waals surface area contributed by atoms with Gasteiger partial charge in [0.15, 0.2) is 0 Å². The predicted molar refractivity (Wildman–Crippen MR) is 93.2 cm³/mol. The molecule has 0 radical (unpaired) electrons. The molecule has 0 atom stereocenters. The van der Waals surface area contributed by atoms with Crippen molar-refractivity contribution >= 4 is 11.7 Å². The first kappa shape index (κ1) is 23.3. The van der Waals surface area contributed by atoms with Crippen LogP contribution < -0.4 is 5.32 Å². The van der Waals surface area contributed by atoms with Crippen LogP contribution in [0.15, 0.2) is 5.11 Å². The minimum Gasteiger partial charge on any atom is -0.379 e. The Labute approximate surface area is 149 Å². The highest BCUT2D eigenvalue weighted by atomic mass is 16.5. The summed E-state index contributed by atoms with van der Waals surface area (Å²) in [5, 5.41) is 6.22. The van der Waals surface area contributed by atoms with E-state index in [0.29, 0.717) is 65.6 Å². The summed E-state index contributed by atoms with van der Waals surface area (Å²) in [7, 11) is 0. The zero-order valence-corrected chi connectivity index (χ0v) is 15.1. The lowest BCUT2D eigenvalue weighted by molar-refractivity contribution is -0.121. The summed E-state index contributed by atoms with van der Waals surface area (Å²) >= 11 is 0. The summed E-state index contributed by atoms with van der Waals surface area (Å²) in [5.74, 6) is 0.123. The minimum atomic E-state index is 0.00587. The fourth-order valence-electron chi connectivity index (χ4n) is 1.80. The lowest BCUT2D eigenvalue weighted by atomic mass is 10.2. The molecule has 0 unspecified atom stereocenters. The van der Waals surface area contributed by atoms with E-state index in [4.69, 9.17) is 19.7 Å². The smallest absolute Gasteiger partial charge is 0.220 e. The number of Topliss-reactive ketones (excluding diaryl/α,β-unsaturated/α-hetero) is 1.